The Hall–Kier alpha value is -2.27. The minimum atomic E-state index is -0.834. The van der Waals surface area contributed by atoms with Crippen molar-refractivity contribution < 1.29 is 18.7 Å². The number of aliphatic hydroxyl groups excluding tert-OH is 1. The normalized spacial score (nSPS) is 11.3. The number of aliphatic hydroxyl groups is 1. The summed E-state index contributed by atoms with van der Waals surface area (Å²) in [7, 11) is 0. The first-order valence-corrected chi connectivity index (χ1v) is 6.81. The van der Waals surface area contributed by atoms with Crippen LogP contribution in [0.1, 0.15) is 24.2 Å². The van der Waals surface area contributed by atoms with Crippen molar-refractivity contribution in [3.05, 3.63) is 59.7 Å². The summed E-state index contributed by atoms with van der Waals surface area (Å²) >= 11 is 0. The number of benzene rings is 2. The second-order valence-corrected chi connectivity index (χ2v) is 5.70. The molecule has 1 amide bonds. The molecule has 0 aromatic heterocycles. The van der Waals surface area contributed by atoms with Crippen molar-refractivity contribution in [3.8, 4) is 11.1 Å². The minimum Gasteiger partial charge on any atom is -0.394 e. The van der Waals surface area contributed by atoms with Gasteiger partial charge in [0.2, 0.25) is 0 Å². The molecule has 2 aromatic carbocycles. The molecule has 0 radical (unpaired) electrons. The number of carbonyl (C=O) groups is 1. The van der Waals surface area contributed by atoms with Crippen molar-refractivity contribution in [1.29, 1.82) is 0 Å². The number of hydrogen-bond donors (Lipinski definition) is 2. The molecule has 0 heterocycles. The van der Waals surface area contributed by atoms with E-state index in [-0.39, 0.29) is 18.0 Å². The zero-order valence-electron chi connectivity index (χ0n) is 12.4. The lowest BCUT2D eigenvalue weighted by molar-refractivity contribution is 0.0865. The van der Waals surface area contributed by atoms with Gasteiger partial charge in [0.15, 0.2) is 0 Å². The van der Waals surface area contributed by atoms with E-state index < -0.39 is 17.3 Å². The summed E-state index contributed by atoms with van der Waals surface area (Å²) < 4.78 is 27.0. The Labute approximate surface area is 127 Å². The van der Waals surface area contributed by atoms with Crippen LogP contribution in [0.5, 0.6) is 0 Å². The van der Waals surface area contributed by atoms with Gasteiger partial charge in [-0.2, -0.15) is 0 Å². The van der Waals surface area contributed by atoms with Crippen molar-refractivity contribution in [2.45, 2.75) is 19.4 Å². The first-order chi connectivity index (χ1) is 10.3. The molecule has 22 heavy (non-hydrogen) atoms. The van der Waals surface area contributed by atoms with Crippen LogP contribution in [0.4, 0.5) is 8.78 Å². The Kier molecular flexibility index (Phi) is 4.56. The van der Waals surface area contributed by atoms with E-state index in [1.54, 1.807) is 32.0 Å². The molecular weight excluding hydrogens is 288 g/mol. The number of hydrogen-bond acceptors (Lipinski definition) is 2. The quantitative estimate of drug-likeness (QED) is 0.912. The molecule has 0 aliphatic heterocycles. The van der Waals surface area contributed by atoms with Crippen molar-refractivity contribution in [1.82, 2.24) is 5.32 Å². The molecule has 3 nitrogen and oxygen atoms in total. The van der Waals surface area contributed by atoms with Gasteiger partial charge in [-0.15, -0.1) is 0 Å². The van der Waals surface area contributed by atoms with Crippen molar-refractivity contribution in [3.63, 3.8) is 0 Å². The van der Waals surface area contributed by atoms with Gasteiger partial charge in [-0.05, 0) is 49.2 Å². The van der Waals surface area contributed by atoms with Gasteiger partial charge in [0.25, 0.3) is 5.91 Å². The summed E-state index contributed by atoms with van der Waals surface area (Å²) in [5.74, 6) is -1.64. The molecule has 5 heteroatoms. The summed E-state index contributed by atoms with van der Waals surface area (Å²) in [5, 5.41) is 11.7. The topological polar surface area (TPSA) is 49.3 Å². The van der Waals surface area contributed by atoms with Crippen LogP contribution in [0, 0.1) is 11.6 Å². The first-order valence-electron chi connectivity index (χ1n) is 6.81. The van der Waals surface area contributed by atoms with Gasteiger partial charge in [0.1, 0.15) is 11.6 Å². The second-order valence-electron chi connectivity index (χ2n) is 5.70. The first kappa shape index (κ1) is 16.1. The number of nitrogens with one attached hydrogen (secondary N) is 1. The van der Waals surface area contributed by atoms with Crippen LogP contribution in [0.3, 0.4) is 0 Å². The van der Waals surface area contributed by atoms with E-state index in [1.165, 1.54) is 24.3 Å². The fourth-order valence-corrected chi connectivity index (χ4v) is 1.94. The Bertz CT molecular complexity index is 682. The number of amides is 1. The smallest absolute Gasteiger partial charge is 0.254 e. The molecule has 2 rings (SSSR count). The van der Waals surface area contributed by atoms with Gasteiger partial charge in [-0.1, -0.05) is 18.2 Å². The van der Waals surface area contributed by atoms with E-state index in [2.05, 4.69) is 5.32 Å². The van der Waals surface area contributed by atoms with E-state index in [0.29, 0.717) is 11.1 Å². The molecular formula is C17H17F2NO2. The maximum Gasteiger partial charge on any atom is 0.254 e. The summed E-state index contributed by atoms with van der Waals surface area (Å²) in [5.41, 5.74) is 0.268. The maximum absolute atomic E-state index is 14.1. The zero-order chi connectivity index (χ0) is 16.3. The summed E-state index contributed by atoms with van der Waals surface area (Å²) in [4.78, 5) is 12.0. The third-order valence-electron chi connectivity index (χ3n) is 3.24. The summed E-state index contributed by atoms with van der Waals surface area (Å²) in [6.45, 7) is 3.01. The maximum atomic E-state index is 14.1. The van der Waals surface area contributed by atoms with Gasteiger partial charge >= 0.3 is 0 Å². The molecule has 0 spiro atoms. The lowest BCUT2D eigenvalue weighted by atomic mass is 10.0. The van der Waals surface area contributed by atoms with Gasteiger partial charge in [0.05, 0.1) is 17.7 Å². The van der Waals surface area contributed by atoms with Crippen molar-refractivity contribution in [2.75, 3.05) is 6.61 Å². The Morgan fingerprint density at radius 3 is 2.23 bits per heavy atom. The lowest BCUT2D eigenvalue weighted by Gasteiger charge is -2.23. The van der Waals surface area contributed by atoms with E-state index in [0.717, 1.165) is 0 Å². The molecule has 0 aliphatic rings. The van der Waals surface area contributed by atoms with Crippen LogP contribution in [-0.4, -0.2) is 23.2 Å². The van der Waals surface area contributed by atoms with Gasteiger partial charge in [0, 0.05) is 0 Å². The van der Waals surface area contributed by atoms with Crippen LogP contribution in [-0.2, 0) is 0 Å². The molecule has 0 saturated heterocycles. The molecule has 0 unspecified atom stereocenters. The number of rotatable bonds is 4. The largest absolute Gasteiger partial charge is 0.394 e. The molecule has 0 atom stereocenters. The van der Waals surface area contributed by atoms with Crippen LogP contribution >= 0.6 is 0 Å². The van der Waals surface area contributed by atoms with E-state index >= 15 is 0 Å². The van der Waals surface area contributed by atoms with Gasteiger partial charge in [-0.25, -0.2) is 8.78 Å². The molecule has 2 aromatic rings. The average molecular weight is 305 g/mol. The van der Waals surface area contributed by atoms with Gasteiger partial charge < -0.3 is 10.4 Å². The molecule has 0 saturated carbocycles. The molecule has 0 fully saturated rings. The van der Waals surface area contributed by atoms with Crippen LogP contribution < -0.4 is 5.32 Å². The predicted molar refractivity (Wildman–Crippen MR) is 80.4 cm³/mol. The van der Waals surface area contributed by atoms with Gasteiger partial charge in [-0.3, -0.25) is 4.79 Å². The van der Waals surface area contributed by atoms with Crippen LogP contribution in [0.25, 0.3) is 11.1 Å². The monoisotopic (exact) mass is 305 g/mol. The van der Waals surface area contributed by atoms with Crippen molar-refractivity contribution >= 4 is 5.91 Å². The van der Waals surface area contributed by atoms with Crippen LogP contribution in [0.15, 0.2) is 42.5 Å². The Morgan fingerprint density at radius 1 is 1.09 bits per heavy atom. The van der Waals surface area contributed by atoms with E-state index in [9.17, 15) is 13.6 Å². The number of carbonyl (C=O) groups excluding carboxylic acids is 1. The standard InChI is InChI=1S/C17H17F2NO2/c1-17(2,10-21)20-16(22)14-8-5-12(9-15(14)19)11-3-6-13(18)7-4-11/h3-9,21H,10H2,1-2H3,(H,20,22). The predicted octanol–water partition coefficient (Wildman–Crippen LogP) is 3.13. The minimum absolute atomic E-state index is 0.104. The highest BCUT2D eigenvalue weighted by Crippen LogP contribution is 2.22. The fraction of sp³-hybridized carbons (Fsp3) is 0.235. The van der Waals surface area contributed by atoms with E-state index in [1.807, 2.05) is 0 Å². The third-order valence-corrected chi connectivity index (χ3v) is 3.24. The Morgan fingerprint density at radius 2 is 1.68 bits per heavy atom. The SMILES string of the molecule is CC(C)(CO)NC(=O)c1ccc(-c2ccc(F)cc2)cc1F. The zero-order valence-corrected chi connectivity index (χ0v) is 12.4. The van der Waals surface area contributed by atoms with E-state index in [4.69, 9.17) is 5.11 Å². The molecule has 116 valence electrons. The van der Waals surface area contributed by atoms with Crippen LogP contribution in [0.2, 0.25) is 0 Å². The molecule has 2 N–H and O–H groups in total. The van der Waals surface area contributed by atoms with Crippen molar-refractivity contribution in [2.24, 2.45) is 0 Å². The highest BCUT2D eigenvalue weighted by Gasteiger charge is 2.22. The highest BCUT2D eigenvalue weighted by atomic mass is 19.1. The third kappa shape index (κ3) is 3.68. The lowest BCUT2D eigenvalue weighted by Crippen LogP contribution is -2.46. The second kappa shape index (κ2) is 6.23. The summed E-state index contributed by atoms with van der Waals surface area (Å²) in [6.07, 6.45) is 0. The summed E-state index contributed by atoms with van der Waals surface area (Å²) in [6, 6.07) is 9.86. The number of halogens is 2. The molecule has 0 bridgehead atoms. The Balaban J connectivity index is 2.26. The highest BCUT2D eigenvalue weighted by molar-refractivity contribution is 5.95. The molecule has 0 aliphatic carbocycles. The fourth-order valence-electron chi connectivity index (χ4n) is 1.94. The average Bonchev–Trinajstić information content (AvgIpc) is 2.47.